The standard InChI is InChI=1S/C18H30N2O/c1-11-2-3-16(19)15(4-11)17(21)20-18-8-12-5-13(9-18)7-14(6-12)10-18/h11-16H,2-10,19H2,1H3,(H,20,21). The van der Waals surface area contributed by atoms with Crippen LogP contribution in [0, 0.1) is 29.6 Å². The normalized spacial score (nSPS) is 51.9. The van der Waals surface area contributed by atoms with Crippen LogP contribution in [0.1, 0.15) is 64.7 Å². The molecule has 5 rings (SSSR count). The summed E-state index contributed by atoms with van der Waals surface area (Å²) in [6, 6.07) is 0.0788. The Morgan fingerprint density at radius 3 is 2.14 bits per heavy atom. The fourth-order valence-corrected chi connectivity index (χ4v) is 6.32. The molecular formula is C18H30N2O. The molecule has 0 aromatic rings. The van der Waals surface area contributed by atoms with E-state index in [1.165, 1.54) is 44.9 Å². The van der Waals surface area contributed by atoms with Crippen LogP contribution in [0.25, 0.3) is 0 Å². The van der Waals surface area contributed by atoms with Crippen molar-refractivity contribution in [2.45, 2.75) is 76.3 Å². The smallest absolute Gasteiger partial charge is 0.225 e. The Kier molecular flexibility index (Phi) is 3.33. The van der Waals surface area contributed by atoms with Crippen molar-refractivity contribution in [2.75, 3.05) is 0 Å². The zero-order valence-corrected chi connectivity index (χ0v) is 13.3. The van der Waals surface area contributed by atoms with Crippen LogP contribution in [0.3, 0.4) is 0 Å². The van der Waals surface area contributed by atoms with E-state index in [0.717, 1.165) is 30.6 Å². The molecule has 0 heterocycles. The van der Waals surface area contributed by atoms with Gasteiger partial charge in [-0.2, -0.15) is 0 Å². The monoisotopic (exact) mass is 290 g/mol. The van der Waals surface area contributed by atoms with Crippen molar-refractivity contribution >= 4 is 5.91 Å². The molecule has 0 aromatic carbocycles. The van der Waals surface area contributed by atoms with E-state index in [1.807, 2.05) is 0 Å². The van der Waals surface area contributed by atoms with Crippen LogP contribution in [0.15, 0.2) is 0 Å². The highest BCUT2D eigenvalue weighted by molar-refractivity contribution is 5.80. The van der Waals surface area contributed by atoms with Crippen molar-refractivity contribution in [1.82, 2.24) is 5.32 Å². The second-order valence-electron chi connectivity index (χ2n) is 8.88. The van der Waals surface area contributed by atoms with Gasteiger partial charge in [0.1, 0.15) is 0 Å². The maximum atomic E-state index is 12.8. The Hall–Kier alpha value is -0.570. The summed E-state index contributed by atoms with van der Waals surface area (Å²) in [7, 11) is 0. The molecule has 3 unspecified atom stereocenters. The molecule has 1 amide bonds. The van der Waals surface area contributed by atoms with E-state index in [4.69, 9.17) is 5.73 Å². The fraction of sp³-hybridized carbons (Fsp3) is 0.944. The zero-order valence-electron chi connectivity index (χ0n) is 13.3. The highest BCUT2D eigenvalue weighted by Crippen LogP contribution is 2.55. The Labute approximate surface area is 128 Å². The molecule has 0 aliphatic heterocycles. The van der Waals surface area contributed by atoms with Crippen LogP contribution in [-0.2, 0) is 4.79 Å². The van der Waals surface area contributed by atoms with Crippen molar-refractivity contribution in [1.29, 1.82) is 0 Å². The number of nitrogens with two attached hydrogens (primary N) is 1. The number of rotatable bonds is 2. The Bertz CT molecular complexity index is 398. The summed E-state index contributed by atoms with van der Waals surface area (Å²) in [4.78, 5) is 12.8. The second-order valence-corrected chi connectivity index (χ2v) is 8.88. The minimum atomic E-state index is 0.0572. The van der Waals surface area contributed by atoms with Crippen molar-refractivity contribution in [3.63, 3.8) is 0 Å². The van der Waals surface area contributed by atoms with Gasteiger partial charge in [0.25, 0.3) is 0 Å². The summed E-state index contributed by atoms with van der Waals surface area (Å²) in [6.07, 6.45) is 11.2. The zero-order chi connectivity index (χ0) is 14.6. The van der Waals surface area contributed by atoms with Crippen LogP contribution in [-0.4, -0.2) is 17.5 Å². The number of hydrogen-bond acceptors (Lipinski definition) is 2. The number of amides is 1. The van der Waals surface area contributed by atoms with E-state index in [2.05, 4.69) is 12.2 Å². The summed E-state index contributed by atoms with van der Waals surface area (Å²) in [5.74, 6) is 3.64. The van der Waals surface area contributed by atoms with Crippen molar-refractivity contribution in [2.24, 2.45) is 35.3 Å². The molecule has 3 heteroatoms. The molecular weight excluding hydrogens is 260 g/mol. The number of carbonyl (C=O) groups is 1. The van der Waals surface area contributed by atoms with Gasteiger partial charge in [-0.1, -0.05) is 6.92 Å². The molecule has 5 aliphatic rings. The Morgan fingerprint density at radius 1 is 1.00 bits per heavy atom. The first kappa shape index (κ1) is 14.0. The van der Waals surface area contributed by atoms with E-state index in [1.54, 1.807) is 0 Å². The quantitative estimate of drug-likeness (QED) is 0.821. The summed E-state index contributed by atoms with van der Waals surface area (Å²) in [5.41, 5.74) is 6.39. The molecule has 5 aliphatic carbocycles. The van der Waals surface area contributed by atoms with E-state index in [-0.39, 0.29) is 23.4 Å². The summed E-state index contributed by atoms with van der Waals surface area (Å²) in [5, 5.41) is 3.53. The predicted molar refractivity (Wildman–Crippen MR) is 83.5 cm³/mol. The molecule has 5 saturated carbocycles. The first-order valence-corrected chi connectivity index (χ1v) is 9.10. The lowest BCUT2D eigenvalue weighted by atomic mass is 9.53. The van der Waals surface area contributed by atoms with Gasteiger partial charge in [-0.25, -0.2) is 0 Å². The molecule has 118 valence electrons. The fourth-order valence-electron chi connectivity index (χ4n) is 6.32. The molecule has 4 bridgehead atoms. The third-order valence-electron chi connectivity index (χ3n) is 6.93. The van der Waals surface area contributed by atoms with Crippen molar-refractivity contribution in [3.8, 4) is 0 Å². The topological polar surface area (TPSA) is 55.1 Å². The molecule has 3 nitrogen and oxygen atoms in total. The summed E-state index contributed by atoms with van der Waals surface area (Å²) < 4.78 is 0. The largest absolute Gasteiger partial charge is 0.350 e. The highest BCUT2D eigenvalue weighted by atomic mass is 16.2. The van der Waals surface area contributed by atoms with Gasteiger partial charge in [0.05, 0.1) is 5.92 Å². The second kappa shape index (κ2) is 4.97. The summed E-state index contributed by atoms with van der Waals surface area (Å²) >= 11 is 0. The van der Waals surface area contributed by atoms with Gasteiger partial charge in [-0.05, 0) is 81.5 Å². The number of carbonyl (C=O) groups excluding carboxylic acids is 1. The first-order valence-electron chi connectivity index (χ1n) is 9.10. The predicted octanol–water partition coefficient (Wildman–Crippen LogP) is 2.83. The lowest BCUT2D eigenvalue weighted by Gasteiger charge is -2.57. The average molecular weight is 290 g/mol. The molecule has 3 atom stereocenters. The van der Waals surface area contributed by atoms with Gasteiger partial charge < -0.3 is 11.1 Å². The first-order chi connectivity index (χ1) is 10.0. The van der Waals surface area contributed by atoms with E-state index in [0.29, 0.717) is 5.92 Å². The van der Waals surface area contributed by atoms with Gasteiger partial charge in [0, 0.05) is 11.6 Å². The number of nitrogens with one attached hydrogen (secondary N) is 1. The molecule has 5 fully saturated rings. The van der Waals surface area contributed by atoms with Gasteiger partial charge in [0.15, 0.2) is 0 Å². The van der Waals surface area contributed by atoms with Gasteiger partial charge in [0.2, 0.25) is 5.91 Å². The molecule has 0 spiro atoms. The SMILES string of the molecule is CC1CCC(N)C(C(=O)NC23CC4CC(CC(C4)C2)C3)C1. The number of hydrogen-bond donors (Lipinski definition) is 2. The molecule has 0 aromatic heterocycles. The molecule has 0 saturated heterocycles. The molecule has 21 heavy (non-hydrogen) atoms. The van der Waals surface area contributed by atoms with Crippen LogP contribution in [0.2, 0.25) is 0 Å². The van der Waals surface area contributed by atoms with Crippen LogP contribution in [0.4, 0.5) is 0 Å². The maximum absolute atomic E-state index is 12.8. The maximum Gasteiger partial charge on any atom is 0.225 e. The average Bonchev–Trinajstić information content (AvgIpc) is 2.39. The molecule has 0 radical (unpaired) electrons. The van der Waals surface area contributed by atoms with Gasteiger partial charge in [-0.15, -0.1) is 0 Å². The van der Waals surface area contributed by atoms with Crippen LogP contribution in [0.5, 0.6) is 0 Å². The third kappa shape index (κ3) is 2.52. The lowest BCUT2D eigenvalue weighted by molar-refractivity contribution is -0.132. The molecule has 3 N–H and O–H groups in total. The lowest BCUT2D eigenvalue weighted by Crippen LogP contribution is -2.62. The minimum absolute atomic E-state index is 0.0572. The van der Waals surface area contributed by atoms with Crippen molar-refractivity contribution < 1.29 is 4.79 Å². The highest BCUT2D eigenvalue weighted by Gasteiger charge is 2.52. The third-order valence-corrected chi connectivity index (χ3v) is 6.93. The van der Waals surface area contributed by atoms with Crippen LogP contribution < -0.4 is 11.1 Å². The van der Waals surface area contributed by atoms with Gasteiger partial charge >= 0.3 is 0 Å². The van der Waals surface area contributed by atoms with E-state index in [9.17, 15) is 4.79 Å². The van der Waals surface area contributed by atoms with E-state index < -0.39 is 0 Å². The Balaban J connectivity index is 1.46. The van der Waals surface area contributed by atoms with Crippen LogP contribution >= 0.6 is 0 Å². The van der Waals surface area contributed by atoms with Crippen molar-refractivity contribution in [3.05, 3.63) is 0 Å². The van der Waals surface area contributed by atoms with Gasteiger partial charge in [-0.3, -0.25) is 4.79 Å². The summed E-state index contributed by atoms with van der Waals surface area (Å²) in [6.45, 7) is 2.26. The Morgan fingerprint density at radius 2 is 1.57 bits per heavy atom. The van der Waals surface area contributed by atoms with E-state index >= 15 is 0 Å². The minimum Gasteiger partial charge on any atom is -0.350 e.